The molecule has 0 heterocycles. The first kappa shape index (κ1) is 14.4. The minimum Gasteiger partial charge on any atom is -0.494 e. The molecule has 2 aromatic rings. The lowest BCUT2D eigenvalue weighted by atomic mass is 9.89. The molecule has 1 aliphatic rings. The van der Waals surface area contributed by atoms with Crippen molar-refractivity contribution in [1.29, 1.82) is 0 Å². The quantitative estimate of drug-likeness (QED) is 0.722. The largest absolute Gasteiger partial charge is 0.494 e. The predicted octanol–water partition coefficient (Wildman–Crippen LogP) is 5.04. The van der Waals surface area contributed by atoms with Gasteiger partial charge in [0.2, 0.25) is 0 Å². The molecule has 0 saturated heterocycles. The van der Waals surface area contributed by atoms with Crippen molar-refractivity contribution in [3.05, 3.63) is 64.5 Å². The van der Waals surface area contributed by atoms with E-state index in [-0.39, 0.29) is 16.9 Å². The lowest BCUT2D eigenvalue weighted by Gasteiger charge is -2.19. The minimum absolute atomic E-state index is 0.233. The van der Waals surface area contributed by atoms with Crippen molar-refractivity contribution >= 4 is 11.6 Å². The first-order valence-electron chi connectivity index (χ1n) is 7.28. The zero-order valence-electron chi connectivity index (χ0n) is 12.0. The molecular formula is C18H18ClFO. The van der Waals surface area contributed by atoms with Crippen LogP contribution in [0.3, 0.4) is 0 Å². The fourth-order valence-electron chi connectivity index (χ4n) is 2.94. The summed E-state index contributed by atoms with van der Waals surface area (Å²) in [5, 5.41) is -0.285. The van der Waals surface area contributed by atoms with Gasteiger partial charge in [-0.3, -0.25) is 0 Å². The number of hydrogen-bond acceptors (Lipinski definition) is 1. The van der Waals surface area contributed by atoms with Crippen molar-refractivity contribution in [2.75, 3.05) is 7.11 Å². The van der Waals surface area contributed by atoms with Crippen LogP contribution in [-0.4, -0.2) is 7.11 Å². The van der Waals surface area contributed by atoms with E-state index in [0.29, 0.717) is 0 Å². The number of halogens is 2. The minimum atomic E-state index is -0.365. The van der Waals surface area contributed by atoms with E-state index >= 15 is 0 Å². The van der Waals surface area contributed by atoms with E-state index in [4.69, 9.17) is 16.3 Å². The smallest absolute Gasteiger partial charge is 0.165 e. The van der Waals surface area contributed by atoms with Crippen molar-refractivity contribution in [1.82, 2.24) is 0 Å². The van der Waals surface area contributed by atoms with Gasteiger partial charge in [-0.2, -0.15) is 0 Å². The number of rotatable bonds is 3. The van der Waals surface area contributed by atoms with E-state index in [9.17, 15) is 4.39 Å². The van der Waals surface area contributed by atoms with Crippen molar-refractivity contribution in [3.8, 4) is 5.75 Å². The summed E-state index contributed by atoms with van der Waals surface area (Å²) < 4.78 is 18.5. The molecule has 1 nitrogen and oxygen atoms in total. The van der Waals surface area contributed by atoms with Gasteiger partial charge in [-0.15, -0.1) is 11.6 Å². The summed E-state index contributed by atoms with van der Waals surface area (Å²) in [6.45, 7) is 0. The van der Waals surface area contributed by atoms with Gasteiger partial charge < -0.3 is 4.74 Å². The number of fused-ring (bicyclic) bond motifs is 1. The Morgan fingerprint density at radius 1 is 1.00 bits per heavy atom. The molecule has 0 spiro atoms. The molecule has 0 bridgehead atoms. The lowest BCUT2D eigenvalue weighted by Crippen LogP contribution is -2.04. The molecule has 21 heavy (non-hydrogen) atoms. The second kappa shape index (κ2) is 6.07. The van der Waals surface area contributed by atoms with Crippen LogP contribution < -0.4 is 4.74 Å². The summed E-state index contributed by atoms with van der Waals surface area (Å²) in [6, 6.07) is 11.3. The molecule has 0 aromatic heterocycles. The fourth-order valence-corrected chi connectivity index (χ4v) is 3.21. The van der Waals surface area contributed by atoms with Gasteiger partial charge >= 0.3 is 0 Å². The first-order chi connectivity index (χ1) is 10.2. The maximum Gasteiger partial charge on any atom is 0.165 e. The summed E-state index contributed by atoms with van der Waals surface area (Å²) >= 11 is 6.58. The molecule has 3 heteroatoms. The average Bonchev–Trinajstić information content (AvgIpc) is 2.54. The number of methoxy groups -OCH3 is 1. The predicted molar refractivity (Wildman–Crippen MR) is 83.7 cm³/mol. The lowest BCUT2D eigenvalue weighted by molar-refractivity contribution is 0.386. The van der Waals surface area contributed by atoms with Crippen LogP contribution in [0.15, 0.2) is 36.4 Å². The van der Waals surface area contributed by atoms with E-state index < -0.39 is 0 Å². The summed E-state index contributed by atoms with van der Waals surface area (Å²) in [6.07, 6.45) is 4.80. The normalized spacial score (nSPS) is 15.4. The maximum atomic E-state index is 13.5. The number of ether oxygens (including phenoxy) is 1. The highest BCUT2D eigenvalue weighted by molar-refractivity contribution is 6.22. The molecule has 110 valence electrons. The summed E-state index contributed by atoms with van der Waals surface area (Å²) in [4.78, 5) is 0. The zero-order chi connectivity index (χ0) is 14.8. The molecule has 0 radical (unpaired) electrons. The van der Waals surface area contributed by atoms with Gasteiger partial charge in [0.15, 0.2) is 11.6 Å². The first-order valence-corrected chi connectivity index (χ1v) is 7.72. The van der Waals surface area contributed by atoms with Crippen molar-refractivity contribution in [3.63, 3.8) is 0 Å². The summed E-state index contributed by atoms with van der Waals surface area (Å²) in [5.41, 5.74) is 4.75. The third-order valence-electron chi connectivity index (χ3n) is 4.13. The van der Waals surface area contributed by atoms with Crippen molar-refractivity contribution in [2.45, 2.75) is 31.1 Å². The third-order valence-corrected chi connectivity index (χ3v) is 4.64. The Labute approximate surface area is 129 Å². The van der Waals surface area contributed by atoms with Crippen molar-refractivity contribution < 1.29 is 9.13 Å². The zero-order valence-corrected chi connectivity index (χ0v) is 12.8. The van der Waals surface area contributed by atoms with Crippen LogP contribution in [0.1, 0.15) is 40.5 Å². The molecular weight excluding hydrogens is 287 g/mol. The topological polar surface area (TPSA) is 9.23 Å². The SMILES string of the molecule is COc1cc(C(Cl)c2ccc3c(c2)CCCC3)ccc1F. The number of aryl methyl sites for hydroxylation is 2. The van der Waals surface area contributed by atoms with E-state index in [1.807, 2.05) is 0 Å². The van der Waals surface area contributed by atoms with Gasteiger partial charge in [0, 0.05) is 0 Å². The molecule has 2 aromatic carbocycles. The monoisotopic (exact) mass is 304 g/mol. The van der Waals surface area contributed by atoms with Crippen LogP contribution in [0.25, 0.3) is 0 Å². The average molecular weight is 305 g/mol. The van der Waals surface area contributed by atoms with Gasteiger partial charge in [-0.05, 0) is 60.1 Å². The molecule has 1 aliphatic carbocycles. The Morgan fingerprint density at radius 3 is 2.43 bits per heavy atom. The van der Waals surface area contributed by atoms with Crippen LogP contribution in [0.2, 0.25) is 0 Å². The van der Waals surface area contributed by atoms with Gasteiger partial charge in [-0.1, -0.05) is 24.3 Å². The van der Waals surface area contributed by atoms with E-state index in [0.717, 1.165) is 24.0 Å². The maximum absolute atomic E-state index is 13.5. The highest BCUT2D eigenvalue weighted by Crippen LogP contribution is 2.34. The Morgan fingerprint density at radius 2 is 1.67 bits per heavy atom. The van der Waals surface area contributed by atoms with Gasteiger partial charge in [0.05, 0.1) is 12.5 Å². The molecule has 0 N–H and O–H groups in total. The molecule has 0 amide bonds. The van der Waals surface area contributed by atoms with Crippen molar-refractivity contribution in [2.24, 2.45) is 0 Å². The van der Waals surface area contributed by atoms with Crippen LogP contribution in [-0.2, 0) is 12.8 Å². The molecule has 0 saturated carbocycles. The number of hydrogen-bond donors (Lipinski definition) is 0. The second-order valence-electron chi connectivity index (χ2n) is 5.49. The molecule has 1 unspecified atom stereocenters. The highest BCUT2D eigenvalue weighted by Gasteiger charge is 2.16. The Kier molecular flexibility index (Phi) is 4.16. The number of alkyl halides is 1. The van der Waals surface area contributed by atoms with Gasteiger partial charge in [0.25, 0.3) is 0 Å². The number of benzene rings is 2. The van der Waals surface area contributed by atoms with Crippen LogP contribution in [0.5, 0.6) is 5.75 Å². The van der Waals surface area contributed by atoms with Crippen LogP contribution in [0.4, 0.5) is 4.39 Å². The Balaban J connectivity index is 1.92. The molecule has 3 rings (SSSR count). The van der Waals surface area contributed by atoms with Crippen LogP contribution in [0, 0.1) is 5.82 Å². The fraction of sp³-hybridized carbons (Fsp3) is 0.333. The molecule has 1 atom stereocenters. The van der Waals surface area contributed by atoms with E-state index in [2.05, 4.69) is 18.2 Å². The summed E-state index contributed by atoms with van der Waals surface area (Å²) in [5.74, 6) is -0.133. The van der Waals surface area contributed by atoms with Gasteiger partial charge in [0.1, 0.15) is 0 Å². The Hall–Kier alpha value is -1.54. The van der Waals surface area contributed by atoms with Gasteiger partial charge in [-0.25, -0.2) is 4.39 Å². The standard InChI is InChI=1S/C18H18ClFO/c1-21-17-11-15(8-9-16(17)20)18(19)14-7-6-12-4-2-3-5-13(12)10-14/h6-11,18H,2-5H2,1H3. The molecule has 0 fully saturated rings. The Bertz CT molecular complexity index is 654. The second-order valence-corrected chi connectivity index (χ2v) is 5.93. The summed E-state index contributed by atoms with van der Waals surface area (Å²) in [7, 11) is 1.46. The van der Waals surface area contributed by atoms with Crippen LogP contribution >= 0.6 is 11.6 Å². The van der Waals surface area contributed by atoms with E-state index in [1.165, 1.54) is 37.1 Å². The molecule has 0 aliphatic heterocycles. The third kappa shape index (κ3) is 2.91. The highest BCUT2D eigenvalue weighted by atomic mass is 35.5. The van der Waals surface area contributed by atoms with E-state index in [1.54, 1.807) is 12.1 Å².